The molecule has 0 N–H and O–H groups in total. The second-order valence-corrected chi connectivity index (χ2v) is 4.11. The highest BCUT2D eigenvalue weighted by molar-refractivity contribution is 5.79. The molecule has 0 spiro atoms. The lowest BCUT2D eigenvalue weighted by Gasteiger charge is -2.06. The van der Waals surface area contributed by atoms with Crippen LogP contribution >= 0.6 is 0 Å². The summed E-state index contributed by atoms with van der Waals surface area (Å²) < 4.78 is 5.72. The van der Waals surface area contributed by atoms with Crippen molar-refractivity contribution in [3.8, 4) is 17.6 Å². The largest absolute Gasteiger partial charge is 0.456 e. The minimum atomic E-state index is 0.575. The second-order valence-electron chi connectivity index (χ2n) is 4.11. The summed E-state index contributed by atoms with van der Waals surface area (Å²) in [5.41, 5.74) is 1.51. The van der Waals surface area contributed by atoms with E-state index in [-0.39, 0.29) is 0 Å². The van der Waals surface area contributed by atoms with Gasteiger partial charge in [-0.1, -0.05) is 24.3 Å². The first-order valence-electron chi connectivity index (χ1n) is 5.88. The number of nitriles is 1. The highest BCUT2D eigenvalue weighted by atomic mass is 16.5. The average Bonchev–Trinajstić information content (AvgIpc) is 2.47. The van der Waals surface area contributed by atoms with Crippen molar-refractivity contribution < 1.29 is 4.74 Å². The molecule has 0 aliphatic heterocycles. The van der Waals surface area contributed by atoms with E-state index in [1.807, 2.05) is 36.4 Å². The van der Waals surface area contributed by atoms with Gasteiger partial charge in [0, 0.05) is 5.39 Å². The monoisotopic (exact) mass is 246 g/mol. The number of hydrogen-bond donors (Lipinski definition) is 0. The third-order valence-corrected chi connectivity index (χ3v) is 2.76. The van der Waals surface area contributed by atoms with Gasteiger partial charge in [-0.3, -0.25) is 4.98 Å². The first-order valence-corrected chi connectivity index (χ1v) is 5.88. The van der Waals surface area contributed by atoms with Crippen LogP contribution in [0.15, 0.2) is 60.8 Å². The molecule has 1 heterocycles. The number of benzene rings is 2. The Labute approximate surface area is 110 Å². The number of aromatic nitrogens is 1. The first kappa shape index (κ1) is 11.2. The zero-order chi connectivity index (χ0) is 13.1. The number of para-hydroxylation sites is 1. The topological polar surface area (TPSA) is 45.9 Å². The molecule has 3 nitrogen and oxygen atoms in total. The molecule has 2 aromatic carbocycles. The van der Waals surface area contributed by atoms with Crippen LogP contribution in [0.4, 0.5) is 0 Å². The smallest absolute Gasteiger partial charge is 0.146 e. The van der Waals surface area contributed by atoms with Crippen molar-refractivity contribution in [2.45, 2.75) is 0 Å². The molecular formula is C16H10N2O. The summed E-state index contributed by atoms with van der Waals surface area (Å²) in [6.07, 6.45) is 1.68. The van der Waals surface area contributed by atoms with Gasteiger partial charge in [-0.25, -0.2) is 0 Å². The van der Waals surface area contributed by atoms with Crippen molar-refractivity contribution in [1.29, 1.82) is 5.26 Å². The van der Waals surface area contributed by atoms with Gasteiger partial charge < -0.3 is 4.74 Å². The molecule has 0 bridgehead atoms. The molecule has 0 saturated carbocycles. The summed E-state index contributed by atoms with van der Waals surface area (Å²) in [6, 6.07) is 18.9. The molecule has 3 rings (SSSR count). The molecule has 0 fully saturated rings. The standard InChI is InChI=1S/C16H10N2O/c17-10-12-4-3-6-14(8-12)19-15-9-13-5-1-2-7-16(13)18-11-15/h1-9,11H. The van der Waals surface area contributed by atoms with Crippen molar-refractivity contribution in [1.82, 2.24) is 4.98 Å². The van der Waals surface area contributed by atoms with E-state index in [4.69, 9.17) is 10.00 Å². The summed E-state index contributed by atoms with van der Waals surface area (Å²) in [4.78, 5) is 4.33. The van der Waals surface area contributed by atoms with Crippen LogP contribution in [0.2, 0.25) is 0 Å². The fourth-order valence-corrected chi connectivity index (χ4v) is 1.87. The molecule has 3 aromatic rings. The molecule has 0 amide bonds. The highest BCUT2D eigenvalue weighted by Gasteiger charge is 2.01. The van der Waals surface area contributed by atoms with Crippen LogP contribution in [-0.4, -0.2) is 4.98 Å². The molecule has 0 saturated heterocycles. The van der Waals surface area contributed by atoms with E-state index in [9.17, 15) is 0 Å². The van der Waals surface area contributed by atoms with E-state index in [1.54, 1.807) is 24.4 Å². The number of nitrogens with zero attached hydrogens (tertiary/aromatic N) is 2. The fourth-order valence-electron chi connectivity index (χ4n) is 1.87. The van der Waals surface area contributed by atoms with Gasteiger partial charge in [0.15, 0.2) is 0 Å². The molecule has 3 heteroatoms. The number of hydrogen-bond acceptors (Lipinski definition) is 3. The van der Waals surface area contributed by atoms with Gasteiger partial charge in [0.1, 0.15) is 11.5 Å². The molecule has 0 unspecified atom stereocenters. The van der Waals surface area contributed by atoms with Crippen LogP contribution in [0.25, 0.3) is 10.9 Å². The minimum Gasteiger partial charge on any atom is -0.456 e. The molecule has 0 aliphatic rings. The summed E-state index contributed by atoms with van der Waals surface area (Å²) in [5, 5.41) is 9.88. The second kappa shape index (κ2) is 4.79. The van der Waals surface area contributed by atoms with Gasteiger partial charge in [-0.2, -0.15) is 5.26 Å². The molecule has 1 aromatic heterocycles. The summed E-state index contributed by atoms with van der Waals surface area (Å²) in [6.45, 7) is 0. The maximum absolute atomic E-state index is 8.85. The molecule has 19 heavy (non-hydrogen) atoms. The first-order chi connectivity index (χ1) is 9.35. The molecule has 0 atom stereocenters. The fraction of sp³-hybridized carbons (Fsp3) is 0. The van der Waals surface area contributed by atoms with Gasteiger partial charge in [0.2, 0.25) is 0 Å². The lowest BCUT2D eigenvalue weighted by Crippen LogP contribution is -1.87. The van der Waals surface area contributed by atoms with Gasteiger partial charge >= 0.3 is 0 Å². The Morgan fingerprint density at radius 2 is 1.84 bits per heavy atom. The van der Waals surface area contributed by atoms with Gasteiger partial charge in [0.25, 0.3) is 0 Å². The minimum absolute atomic E-state index is 0.575. The lowest BCUT2D eigenvalue weighted by atomic mass is 10.2. The summed E-state index contributed by atoms with van der Waals surface area (Å²) in [7, 11) is 0. The maximum atomic E-state index is 8.85. The predicted molar refractivity (Wildman–Crippen MR) is 73.0 cm³/mol. The quantitative estimate of drug-likeness (QED) is 0.688. The number of fused-ring (bicyclic) bond motifs is 1. The zero-order valence-corrected chi connectivity index (χ0v) is 10.1. The predicted octanol–water partition coefficient (Wildman–Crippen LogP) is 3.90. The average molecular weight is 246 g/mol. The van der Waals surface area contributed by atoms with E-state index in [0.717, 1.165) is 10.9 Å². The van der Waals surface area contributed by atoms with E-state index in [0.29, 0.717) is 17.1 Å². The Balaban J connectivity index is 1.94. The van der Waals surface area contributed by atoms with E-state index >= 15 is 0 Å². The van der Waals surface area contributed by atoms with Gasteiger partial charge in [-0.05, 0) is 30.3 Å². The Morgan fingerprint density at radius 3 is 2.74 bits per heavy atom. The van der Waals surface area contributed by atoms with Crippen LogP contribution < -0.4 is 4.74 Å². The lowest BCUT2D eigenvalue weighted by molar-refractivity contribution is 0.481. The number of ether oxygens (including phenoxy) is 1. The van der Waals surface area contributed by atoms with E-state index in [1.165, 1.54) is 0 Å². The Bertz CT molecular complexity index is 775. The van der Waals surface area contributed by atoms with Crippen LogP contribution in [0.1, 0.15) is 5.56 Å². The Kier molecular flexibility index (Phi) is 2.83. The van der Waals surface area contributed by atoms with Crippen molar-refractivity contribution in [3.63, 3.8) is 0 Å². The maximum Gasteiger partial charge on any atom is 0.146 e. The molecular weight excluding hydrogens is 236 g/mol. The van der Waals surface area contributed by atoms with E-state index in [2.05, 4.69) is 11.1 Å². The normalized spacial score (nSPS) is 10.1. The number of rotatable bonds is 2. The molecule has 90 valence electrons. The highest BCUT2D eigenvalue weighted by Crippen LogP contribution is 2.24. The van der Waals surface area contributed by atoms with Crippen LogP contribution in [0.3, 0.4) is 0 Å². The SMILES string of the molecule is N#Cc1cccc(Oc2cnc3ccccc3c2)c1. The van der Waals surface area contributed by atoms with Gasteiger partial charge in [0.05, 0.1) is 23.3 Å². The van der Waals surface area contributed by atoms with Crippen molar-refractivity contribution in [3.05, 3.63) is 66.4 Å². The Morgan fingerprint density at radius 1 is 0.947 bits per heavy atom. The van der Waals surface area contributed by atoms with Crippen molar-refractivity contribution in [2.75, 3.05) is 0 Å². The summed E-state index contributed by atoms with van der Waals surface area (Å²) in [5.74, 6) is 1.30. The van der Waals surface area contributed by atoms with E-state index < -0.39 is 0 Å². The Hall–Kier alpha value is -2.86. The third kappa shape index (κ3) is 2.38. The van der Waals surface area contributed by atoms with Crippen LogP contribution in [0.5, 0.6) is 11.5 Å². The number of pyridine rings is 1. The van der Waals surface area contributed by atoms with Crippen LogP contribution in [0, 0.1) is 11.3 Å². The molecule has 0 radical (unpaired) electrons. The van der Waals surface area contributed by atoms with Gasteiger partial charge in [-0.15, -0.1) is 0 Å². The zero-order valence-electron chi connectivity index (χ0n) is 10.1. The van der Waals surface area contributed by atoms with Crippen molar-refractivity contribution >= 4 is 10.9 Å². The van der Waals surface area contributed by atoms with Crippen molar-refractivity contribution in [2.24, 2.45) is 0 Å². The summed E-state index contributed by atoms with van der Waals surface area (Å²) >= 11 is 0. The third-order valence-electron chi connectivity index (χ3n) is 2.76. The van der Waals surface area contributed by atoms with Crippen LogP contribution in [-0.2, 0) is 0 Å². The molecule has 0 aliphatic carbocycles.